The van der Waals surface area contributed by atoms with Crippen molar-refractivity contribution in [3.63, 3.8) is 0 Å². The third kappa shape index (κ3) is 8.63. The SMILES string of the molecule is Cc1ccccc1CNC(=O)C[C@@H]1CC(F)(F)CN1C(=O)[C@@H](O)C(Cc1ccccc1)NC(=O)COc1c(C)cccc1C. The van der Waals surface area contributed by atoms with E-state index in [1.54, 1.807) is 30.3 Å². The molecule has 1 heterocycles. The second-order valence-corrected chi connectivity index (χ2v) is 11.4. The molecule has 0 saturated carbocycles. The van der Waals surface area contributed by atoms with Crippen LogP contribution in [0.4, 0.5) is 8.78 Å². The molecule has 44 heavy (non-hydrogen) atoms. The monoisotopic (exact) mass is 607 g/mol. The lowest BCUT2D eigenvalue weighted by atomic mass is 9.99. The van der Waals surface area contributed by atoms with Crippen molar-refractivity contribution < 1.29 is 33.0 Å². The van der Waals surface area contributed by atoms with Crippen LogP contribution in [-0.4, -0.2) is 65.0 Å². The van der Waals surface area contributed by atoms with E-state index >= 15 is 0 Å². The molecule has 0 radical (unpaired) electrons. The van der Waals surface area contributed by atoms with Crippen molar-refractivity contribution >= 4 is 17.7 Å². The molecule has 3 atom stereocenters. The minimum Gasteiger partial charge on any atom is -0.483 e. The van der Waals surface area contributed by atoms with Crippen molar-refractivity contribution in [2.24, 2.45) is 0 Å². The largest absolute Gasteiger partial charge is 0.483 e. The first-order valence-corrected chi connectivity index (χ1v) is 14.6. The Balaban J connectivity index is 1.45. The van der Waals surface area contributed by atoms with Crippen molar-refractivity contribution in [1.82, 2.24) is 15.5 Å². The van der Waals surface area contributed by atoms with Crippen LogP contribution in [0.2, 0.25) is 0 Å². The molecule has 3 aromatic rings. The predicted molar refractivity (Wildman–Crippen MR) is 162 cm³/mol. The molecule has 234 valence electrons. The summed E-state index contributed by atoms with van der Waals surface area (Å²) in [4.78, 5) is 40.2. The van der Waals surface area contributed by atoms with Gasteiger partial charge in [0, 0.05) is 25.4 Å². The molecule has 3 N–H and O–H groups in total. The maximum Gasteiger partial charge on any atom is 0.267 e. The van der Waals surface area contributed by atoms with Gasteiger partial charge in [0.25, 0.3) is 17.7 Å². The number of hydrogen-bond donors (Lipinski definition) is 3. The average Bonchev–Trinajstić information content (AvgIpc) is 3.29. The Morgan fingerprint density at radius 3 is 2.25 bits per heavy atom. The van der Waals surface area contributed by atoms with Gasteiger partial charge in [-0.25, -0.2) is 8.78 Å². The zero-order valence-corrected chi connectivity index (χ0v) is 25.2. The minimum atomic E-state index is -3.23. The molecule has 0 aromatic heterocycles. The maximum absolute atomic E-state index is 14.6. The minimum absolute atomic E-state index is 0.0642. The van der Waals surface area contributed by atoms with Gasteiger partial charge in [-0.1, -0.05) is 72.8 Å². The molecule has 3 aromatic carbocycles. The molecule has 1 aliphatic heterocycles. The molecule has 0 aliphatic carbocycles. The average molecular weight is 608 g/mol. The number of amides is 3. The lowest BCUT2D eigenvalue weighted by Crippen LogP contribution is -2.54. The van der Waals surface area contributed by atoms with Crippen molar-refractivity contribution in [3.8, 4) is 5.75 Å². The molecule has 1 fully saturated rings. The van der Waals surface area contributed by atoms with Gasteiger partial charge in [-0.3, -0.25) is 14.4 Å². The number of likely N-dealkylation sites (tertiary alicyclic amines) is 1. The highest BCUT2D eigenvalue weighted by molar-refractivity contribution is 5.85. The van der Waals surface area contributed by atoms with E-state index in [2.05, 4.69) is 10.6 Å². The number of benzene rings is 3. The molecule has 1 saturated heterocycles. The number of ether oxygens (including phenoxy) is 1. The number of carbonyl (C=O) groups is 3. The van der Waals surface area contributed by atoms with E-state index in [9.17, 15) is 28.3 Å². The van der Waals surface area contributed by atoms with Gasteiger partial charge in [0.1, 0.15) is 5.75 Å². The summed E-state index contributed by atoms with van der Waals surface area (Å²) in [6, 6.07) is 19.7. The van der Waals surface area contributed by atoms with Gasteiger partial charge in [-0.2, -0.15) is 0 Å². The first-order valence-electron chi connectivity index (χ1n) is 14.6. The van der Waals surface area contributed by atoms with Crippen LogP contribution in [0.1, 0.15) is 40.7 Å². The van der Waals surface area contributed by atoms with Crippen molar-refractivity contribution in [1.29, 1.82) is 0 Å². The zero-order valence-electron chi connectivity index (χ0n) is 25.2. The standard InChI is InChI=1S/C34H39F2N3O5/c1-22-10-7-8-15-26(22)19-37-29(40)17-27-18-34(35,36)21-39(27)33(43)31(42)28(16-25-13-5-4-6-14-25)38-30(41)20-44-32-23(2)11-9-12-24(32)3/h4-15,27-28,31,42H,16-21H2,1-3H3,(H,37,40)(H,38,41)/t27-,28?,31+/m1/s1. The first-order chi connectivity index (χ1) is 20.9. The highest BCUT2D eigenvalue weighted by Crippen LogP contribution is 2.34. The van der Waals surface area contributed by atoms with Crippen LogP contribution in [-0.2, 0) is 27.3 Å². The Labute approximate surface area is 256 Å². The van der Waals surface area contributed by atoms with E-state index in [1.165, 1.54) is 0 Å². The van der Waals surface area contributed by atoms with E-state index in [0.717, 1.165) is 32.7 Å². The van der Waals surface area contributed by atoms with Crippen LogP contribution in [0.3, 0.4) is 0 Å². The van der Waals surface area contributed by atoms with Gasteiger partial charge in [0.05, 0.1) is 12.6 Å². The second-order valence-electron chi connectivity index (χ2n) is 11.4. The van der Waals surface area contributed by atoms with Crippen LogP contribution >= 0.6 is 0 Å². The summed E-state index contributed by atoms with van der Waals surface area (Å²) in [5.74, 6) is -4.72. The Morgan fingerprint density at radius 2 is 1.57 bits per heavy atom. The van der Waals surface area contributed by atoms with Crippen LogP contribution in [0.5, 0.6) is 5.75 Å². The third-order valence-electron chi connectivity index (χ3n) is 7.85. The molecule has 1 aliphatic rings. The van der Waals surface area contributed by atoms with Gasteiger partial charge in [-0.05, 0) is 55.0 Å². The second kappa shape index (κ2) is 14.4. The Hall–Kier alpha value is -4.31. The van der Waals surface area contributed by atoms with Crippen LogP contribution in [0, 0.1) is 20.8 Å². The highest BCUT2D eigenvalue weighted by atomic mass is 19.3. The van der Waals surface area contributed by atoms with Crippen LogP contribution < -0.4 is 15.4 Å². The summed E-state index contributed by atoms with van der Waals surface area (Å²) in [6.45, 7) is 4.53. The van der Waals surface area contributed by atoms with E-state index in [-0.39, 0.29) is 26.0 Å². The predicted octanol–water partition coefficient (Wildman–Crippen LogP) is 4.02. The van der Waals surface area contributed by atoms with Gasteiger partial charge in [0.2, 0.25) is 5.91 Å². The number of hydrogen-bond acceptors (Lipinski definition) is 5. The molecule has 10 heteroatoms. The molecule has 1 unspecified atom stereocenters. The number of nitrogens with zero attached hydrogens (tertiary/aromatic N) is 1. The number of nitrogens with one attached hydrogen (secondary N) is 2. The van der Waals surface area contributed by atoms with Crippen molar-refractivity contribution in [2.45, 2.75) is 70.7 Å². The lowest BCUT2D eigenvalue weighted by Gasteiger charge is -2.30. The smallest absolute Gasteiger partial charge is 0.267 e. The number of aliphatic hydroxyl groups is 1. The number of para-hydroxylation sites is 1. The Kier molecular flexibility index (Phi) is 10.7. The summed E-state index contributed by atoms with van der Waals surface area (Å²) in [5.41, 5.74) is 4.28. The summed E-state index contributed by atoms with van der Waals surface area (Å²) in [7, 11) is 0. The fourth-order valence-electron chi connectivity index (χ4n) is 5.49. The zero-order chi connectivity index (χ0) is 31.9. The van der Waals surface area contributed by atoms with Gasteiger partial charge in [-0.15, -0.1) is 0 Å². The third-order valence-corrected chi connectivity index (χ3v) is 7.85. The van der Waals surface area contributed by atoms with Gasteiger partial charge in [0.15, 0.2) is 12.7 Å². The van der Waals surface area contributed by atoms with E-state index < -0.39 is 54.8 Å². The molecule has 0 spiro atoms. The van der Waals surface area contributed by atoms with E-state index in [4.69, 9.17) is 4.74 Å². The lowest BCUT2D eigenvalue weighted by molar-refractivity contribution is -0.145. The highest BCUT2D eigenvalue weighted by Gasteiger charge is 2.49. The fourth-order valence-corrected chi connectivity index (χ4v) is 5.49. The number of alkyl halides is 2. The summed E-state index contributed by atoms with van der Waals surface area (Å²) >= 11 is 0. The number of carbonyl (C=O) groups excluding carboxylic acids is 3. The summed E-state index contributed by atoms with van der Waals surface area (Å²) in [6.07, 6.45) is -2.83. The van der Waals surface area contributed by atoms with Gasteiger partial charge < -0.3 is 25.4 Å². The topological polar surface area (TPSA) is 108 Å². The van der Waals surface area contributed by atoms with E-state index in [0.29, 0.717) is 5.75 Å². The van der Waals surface area contributed by atoms with Gasteiger partial charge >= 0.3 is 0 Å². The Bertz CT molecular complexity index is 1450. The number of aliphatic hydroxyl groups excluding tert-OH is 1. The van der Waals surface area contributed by atoms with E-state index in [1.807, 2.05) is 63.2 Å². The quantitative estimate of drug-likeness (QED) is 0.288. The number of halogens is 2. The fraction of sp³-hybridized carbons (Fsp3) is 0.382. The number of rotatable bonds is 12. The number of aryl methyl sites for hydroxylation is 3. The summed E-state index contributed by atoms with van der Waals surface area (Å²) in [5, 5.41) is 16.6. The molecular formula is C34H39F2N3O5. The molecule has 8 nitrogen and oxygen atoms in total. The maximum atomic E-state index is 14.6. The molecule has 0 bridgehead atoms. The molecular weight excluding hydrogens is 568 g/mol. The Morgan fingerprint density at radius 1 is 0.932 bits per heavy atom. The van der Waals surface area contributed by atoms with Crippen molar-refractivity contribution in [2.75, 3.05) is 13.2 Å². The van der Waals surface area contributed by atoms with Crippen molar-refractivity contribution in [3.05, 3.63) is 101 Å². The van der Waals surface area contributed by atoms with Crippen LogP contribution in [0.25, 0.3) is 0 Å². The molecule has 3 amide bonds. The van der Waals surface area contributed by atoms with Crippen LogP contribution in [0.15, 0.2) is 72.8 Å². The first kappa shape index (κ1) is 32.6. The summed E-state index contributed by atoms with van der Waals surface area (Å²) < 4.78 is 35.0. The normalized spacial score (nSPS) is 17.0. The molecule has 4 rings (SSSR count).